The second-order valence-electron chi connectivity index (χ2n) is 5.21. The van der Waals surface area contributed by atoms with E-state index in [0.717, 1.165) is 16.7 Å². The second kappa shape index (κ2) is 7.17. The highest BCUT2D eigenvalue weighted by Gasteiger charge is 2.07. The Hall–Kier alpha value is -3.50. The Morgan fingerprint density at radius 1 is 1.12 bits per heavy atom. The Bertz CT molecular complexity index is 914. The third-order valence-corrected chi connectivity index (χ3v) is 3.57. The molecule has 0 saturated heterocycles. The van der Waals surface area contributed by atoms with Gasteiger partial charge in [0, 0.05) is 11.8 Å². The molecule has 4 heteroatoms. The number of nitrogens with zero attached hydrogens (tertiary/aromatic N) is 3. The molecule has 1 heterocycles. The summed E-state index contributed by atoms with van der Waals surface area (Å²) in [6, 6.07) is 17.7. The third kappa shape index (κ3) is 3.45. The van der Waals surface area contributed by atoms with E-state index in [1.807, 2.05) is 54.7 Å². The highest BCUT2D eigenvalue weighted by atomic mass is 16.5. The second-order valence-corrected chi connectivity index (χ2v) is 5.21. The van der Waals surface area contributed by atoms with E-state index < -0.39 is 0 Å². The molecule has 116 valence electrons. The van der Waals surface area contributed by atoms with Gasteiger partial charge in [0.1, 0.15) is 18.9 Å². The van der Waals surface area contributed by atoms with Crippen molar-refractivity contribution in [3.63, 3.8) is 0 Å². The molecule has 0 bridgehead atoms. The van der Waals surface area contributed by atoms with Crippen LogP contribution in [0.15, 0.2) is 60.9 Å². The molecular weight excluding hydrogens is 298 g/mol. The van der Waals surface area contributed by atoms with Crippen molar-refractivity contribution >= 4 is 0 Å². The first-order chi connectivity index (χ1) is 11.8. The molecule has 0 spiro atoms. The van der Waals surface area contributed by atoms with Crippen molar-refractivity contribution in [3.8, 4) is 35.3 Å². The van der Waals surface area contributed by atoms with Crippen molar-refractivity contribution in [2.45, 2.75) is 13.2 Å². The van der Waals surface area contributed by atoms with Crippen LogP contribution in [0.25, 0.3) is 11.1 Å². The number of aromatic nitrogens is 2. The number of terminal acetylenes is 1. The first kappa shape index (κ1) is 15.4. The fraction of sp³-hybridized carbons (Fsp3) is 0.100. The quantitative estimate of drug-likeness (QED) is 0.676. The maximum absolute atomic E-state index is 8.72. The van der Waals surface area contributed by atoms with E-state index in [4.69, 9.17) is 16.4 Å². The van der Waals surface area contributed by atoms with Crippen molar-refractivity contribution in [1.29, 1.82) is 5.26 Å². The summed E-state index contributed by atoms with van der Waals surface area (Å²) in [5.74, 6) is 3.34. The number of rotatable bonds is 5. The zero-order valence-electron chi connectivity index (χ0n) is 13.0. The van der Waals surface area contributed by atoms with Gasteiger partial charge in [-0.15, -0.1) is 6.42 Å². The molecule has 0 amide bonds. The minimum absolute atomic E-state index is 0.222. The molecule has 0 fully saturated rings. The van der Waals surface area contributed by atoms with Crippen LogP contribution >= 0.6 is 0 Å². The van der Waals surface area contributed by atoms with E-state index in [1.165, 1.54) is 0 Å². The Balaban J connectivity index is 1.80. The van der Waals surface area contributed by atoms with E-state index in [2.05, 4.69) is 17.1 Å². The Morgan fingerprint density at radius 2 is 1.96 bits per heavy atom. The number of nitriles is 1. The van der Waals surface area contributed by atoms with Crippen LogP contribution in [-0.4, -0.2) is 9.78 Å². The molecule has 0 atom stereocenters. The fourth-order valence-electron chi connectivity index (χ4n) is 2.36. The Morgan fingerprint density at radius 3 is 2.71 bits per heavy atom. The van der Waals surface area contributed by atoms with Crippen molar-refractivity contribution in [2.24, 2.45) is 0 Å². The fourth-order valence-corrected chi connectivity index (χ4v) is 2.36. The van der Waals surface area contributed by atoms with Crippen molar-refractivity contribution < 1.29 is 4.74 Å². The summed E-state index contributed by atoms with van der Waals surface area (Å²) in [5, 5.41) is 12.9. The Labute approximate surface area is 140 Å². The predicted octanol–water partition coefficient (Wildman–Crippen LogP) is 3.63. The zero-order chi connectivity index (χ0) is 16.8. The van der Waals surface area contributed by atoms with Gasteiger partial charge in [0.25, 0.3) is 0 Å². The number of hydrogen-bond donors (Lipinski definition) is 0. The van der Waals surface area contributed by atoms with Crippen LogP contribution in [0, 0.1) is 23.7 Å². The maximum Gasteiger partial charge on any atom is 0.135 e. The van der Waals surface area contributed by atoms with Crippen molar-refractivity contribution in [1.82, 2.24) is 9.78 Å². The van der Waals surface area contributed by atoms with E-state index in [-0.39, 0.29) is 6.54 Å². The van der Waals surface area contributed by atoms with Crippen LogP contribution in [-0.2, 0) is 13.2 Å². The van der Waals surface area contributed by atoms with E-state index in [1.54, 1.807) is 10.9 Å². The molecule has 0 N–H and O–H groups in total. The SMILES string of the molecule is C#Cc1cc(-c2cnn(CC#N)c2)ccc1OCc1ccccc1. The van der Waals surface area contributed by atoms with Gasteiger partial charge < -0.3 is 4.74 Å². The molecule has 24 heavy (non-hydrogen) atoms. The standard InChI is InChI=1S/C20H15N3O/c1-2-17-12-18(19-13-22-23(14-19)11-10-21)8-9-20(17)24-15-16-6-4-3-5-7-16/h1,3-9,12-14H,11,15H2. The molecule has 0 radical (unpaired) electrons. The van der Waals surface area contributed by atoms with Crippen LogP contribution in [0.3, 0.4) is 0 Å². The highest BCUT2D eigenvalue weighted by Crippen LogP contribution is 2.26. The van der Waals surface area contributed by atoms with Gasteiger partial charge in [0.05, 0.1) is 17.8 Å². The molecule has 2 aromatic carbocycles. The van der Waals surface area contributed by atoms with Crippen molar-refractivity contribution in [3.05, 3.63) is 72.1 Å². The predicted molar refractivity (Wildman–Crippen MR) is 92.0 cm³/mol. The van der Waals surface area contributed by atoms with E-state index in [9.17, 15) is 0 Å². The lowest BCUT2D eigenvalue weighted by molar-refractivity contribution is 0.305. The molecule has 1 aromatic heterocycles. The zero-order valence-corrected chi connectivity index (χ0v) is 13.0. The minimum Gasteiger partial charge on any atom is -0.488 e. The van der Waals surface area contributed by atoms with Crippen LogP contribution in [0.2, 0.25) is 0 Å². The molecule has 0 aliphatic heterocycles. The smallest absolute Gasteiger partial charge is 0.135 e. The molecule has 4 nitrogen and oxygen atoms in total. The van der Waals surface area contributed by atoms with Crippen LogP contribution in [0.4, 0.5) is 0 Å². The largest absolute Gasteiger partial charge is 0.488 e. The first-order valence-electron chi connectivity index (χ1n) is 7.47. The molecule has 0 aliphatic rings. The molecule has 0 aliphatic carbocycles. The van der Waals surface area contributed by atoms with E-state index >= 15 is 0 Å². The van der Waals surface area contributed by atoms with Gasteiger partial charge in [-0.2, -0.15) is 10.4 Å². The maximum atomic E-state index is 8.72. The lowest BCUT2D eigenvalue weighted by Gasteiger charge is -2.10. The van der Waals surface area contributed by atoms with E-state index in [0.29, 0.717) is 17.9 Å². The molecule has 0 saturated carbocycles. The van der Waals surface area contributed by atoms with Gasteiger partial charge in [-0.25, -0.2) is 0 Å². The van der Waals surface area contributed by atoms with Gasteiger partial charge in [0.2, 0.25) is 0 Å². The van der Waals surface area contributed by atoms with Gasteiger partial charge in [-0.05, 0) is 23.3 Å². The van der Waals surface area contributed by atoms with Gasteiger partial charge >= 0.3 is 0 Å². The highest BCUT2D eigenvalue weighted by molar-refractivity contribution is 5.66. The summed E-state index contributed by atoms with van der Waals surface area (Å²) >= 11 is 0. The minimum atomic E-state index is 0.222. The van der Waals surface area contributed by atoms with Gasteiger partial charge in [0.15, 0.2) is 0 Å². The average Bonchev–Trinajstić information content (AvgIpc) is 3.10. The van der Waals surface area contributed by atoms with Crippen molar-refractivity contribution in [2.75, 3.05) is 0 Å². The number of benzene rings is 2. The lowest BCUT2D eigenvalue weighted by Crippen LogP contribution is -1.97. The first-order valence-corrected chi connectivity index (χ1v) is 7.47. The summed E-state index contributed by atoms with van der Waals surface area (Å²) in [6.07, 6.45) is 9.17. The molecule has 0 unspecified atom stereocenters. The third-order valence-electron chi connectivity index (χ3n) is 3.57. The van der Waals surface area contributed by atoms with Gasteiger partial charge in [-0.3, -0.25) is 4.68 Å². The average molecular weight is 313 g/mol. The molecule has 3 rings (SSSR count). The summed E-state index contributed by atoms with van der Waals surface area (Å²) in [6.45, 7) is 0.690. The normalized spacial score (nSPS) is 9.92. The molecular formula is C20H15N3O. The van der Waals surface area contributed by atoms with Crippen LogP contribution < -0.4 is 4.74 Å². The number of ether oxygens (including phenoxy) is 1. The molecule has 3 aromatic rings. The topological polar surface area (TPSA) is 50.8 Å². The number of hydrogen-bond acceptors (Lipinski definition) is 3. The summed E-state index contributed by atoms with van der Waals surface area (Å²) in [7, 11) is 0. The monoisotopic (exact) mass is 313 g/mol. The summed E-state index contributed by atoms with van der Waals surface area (Å²) in [4.78, 5) is 0. The van der Waals surface area contributed by atoms with Crippen LogP contribution in [0.5, 0.6) is 5.75 Å². The summed E-state index contributed by atoms with van der Waals surface area (Å²) in [5.41, 5.74) is 3.63. The Kier molecular flexibility index (Phi) is 4.60. The summed E-state index contributed by atoms with van der Waals surface area (Å²) < 4.78 is 7.43. The lowest BCUT2D eigenvalue weighted by atomic mass is 10.1. The van der Waals surface area contributed by atoms with Gasteiger partial charge in [-0.1, -0.05) is 42.3 Å². The van der Waals surface area contributed by atoms with Crippen LogP contribution in [0.1, 0.15) is 11.1 Å².